The average Bonchev–Trinajstić information content (AvgIpc) is 2.62. The van der Waals surface area contributed by atoms with E-state index < -0.39 is 0 Å². The molecule has 16 heavy (non-hydrogen) atoms. The summed E-state index contributed by atoms with van der Waals surface area (Å²) in [7, 11) is 1.95. The van der Waals surface area contributed by atoms with Gasteiger partial charge < -0.3 is 5.32 Å². The van der Waals surface area contributed by atoms with Gasteiger partial charge >= 0.3 is 0 Å². The predicted octanol–water partition coefficient (Wildman–Crippen LogP) is 2.13. The third-order valence-electron chi connectivity index (χ3n) is 2.53. The minimum atomic E-state index is 0.690. The van der Waals surface area contributed by atoms with Gasteiger partial charge in [0.1, 0.15) is 0 Å². The highest BCUT2D eigenvalue weighted by molar-refractivity contribution is 8.14. The highest BCUT2D eigenvalue weighted by Crippen LogP contribution is 2.21. The number of rotatable bonds is 2. The summed E-state index contributed by atoms with van der Waals surface area (Å²) in [6.45, 7) is 5.28. The van der Waals surface area contributed by atoms with Crippen LogP contribution in [0.3, 0.4) is 0 Å². The Balaban J connectivity index is 2.08. The summed E-state index contributed by atoms with van der Waals surface area (Å²) < 4.78 is 1.85. The molecule has 0 fully saturated rings. The number of anilines is 1. The van der Waals surface area contributed by atoms with Gasteiger partial charge in [0, 0.05) is 25.5 Å². The Morgan fingerprint density at radius 3 is 3.06 bits per heavy atom. The quantitative estimate of drug-likeness (QED) is 0.858. The van der Waals surface area contributed by atoms with E-state index in [1.807, 2.05) is 17.9 Å². The zero-order valence-electron chi connectivity index (χ0n) is 10.0. The normalized spacial score (nSPS) is 20.7. The van der Waals surface area contributed by atoms with Crippen molar-refractivity contribution >= 4 is 22.6 Å². The third kappa shape index (κ3) is 2.58. The second kappa shape index (κ2) is 4.91. The van der Waals surface area contributed by atoms with E-state index in [0.717, 1.165) is 35.3 Å². The average molecular weight is 238 g/mol. The van der Waals surface area contributed by atoms with Crippen LogP contribution in [-0.4, -0.2) is 27.2 Å². The largest absolute Gasteiger partial charge is 0.332 e. The molecule has 1 unspecified atom stereocenters. The number of hydrogen-bond donors (Lipinski definition) is 1. The minimum absolute atomic E-state index is 0.690. The number of hydrogen-bond acceptors (Lipinski definition) is 4. The summed E-state index contributed by atoms with van der Waals surface area (Å²) in [5.74, 6) is 1.84. The van der Waals surface area contributed by atoms with Gasteiger partial charge in [-0.25, -0.2) is 0 Å². The smallest absolute Gasteiger partial charge is 0.161 e. The first-order valence-corrected chi connectivity index (χ1v) is 6.64. The third-order valence-corrected chi connectivity index (χ3v) is 3.77. The zero-order chi connectivity index (χ0) is 11.5. The highest BCUT2D eigenvalue weighted by Gasteiger charge is 2.14. The van der Waals surface area contributed by atoms with Crippen LogP contribution in [0.4, 0.5) is 5.69 Å². The van der Waals surface area contributed by atoms with E-state index in [0.29, 0.717) is 5.92 Å². The van der Waals surface area contributed by atoms with Crippen LogP contribution in [0, 0.1) is 5.92 Å². The van der Waals surface area contributed by atoms with Crippen LogP contribution in [0.5, 0.6) is 0 Å². The van der Waals surface area contributed by atoms with E-state index in [1.54, 1.807) is 11.8 Å². The van der Waals surface area contributed by atoms with Crippen LogP contribution >= 0.6 is 11.8 Å². The van der Waals surface area contributed by atoms with Gasteiger partial charge in [-0.2, -0.15) is 5.10 Å². The number of aromatic nitrogens is 2. The molecule has 4 nitrogen and oxygen atoms in total. The van der Waals surface area contributed by atoms with Crippen LogP contribution in [-0.2, 0) is 13.5 Å². The lowest BCUT2D eigenvalue weighted by Gasteiger charge is -2.17. The molecule has 2 heterocycles. The maximum Gasteiger partial charge on any atom is 0.161 e. The predicted molar refractivity (Wildman–Crippen MR) is 70.1 cm³/mol. The second-order valence-corrected chi connectivity index (χ2v) is 5.21. The molecule has 88 valence electrons. The van der Waals surface area contributed by atoms with Gasteiger partial charge in [0.05, 0.1) is 11.4 Å². The molecule has 0 spiro atoms. The lowest BCUT2D eigenvalue weighted by Crippen LogP contribution is -2.19. The summed E-state index contributed by atoms with van der Waals surface area (Å²) >= 11 is 1.80. The van der Waals surface area contributed by atoms with Crippen LogP contribution in [0.15, 0.2) is 11.2 Å². The molecule has 1 atom stereocenters. The molecule has 1 N–H and O–H groups in total. The SMILES string of the molecule is CCc1nn(C)cc1NC1=NCC(C)CS1. The molecule has 5 heteroatoms. The molecule has 0 saturated carbocycles. The molecular formula is C11H18N4S. The van der Waals surface area contributed by atoms with Gasteiger partial charge in [0.25, 0.3) is 0 Å². The standard InChI is InChI=1S/C11H18N4S/c1-4-9-10(6-15(3)14-9)13-11-12-5-8(2)7-16-11/h6,8H,4-5,7H2,1-3H3,(H,12,13). The summed E-state index contributed by atoms with van der Waals surface area (Å²) in [4.78, 5) is 4.52. The Hall–Kier alpha value is -0.970. The van der Waals surface area contributed by atoms with Crippen molar-refractivity contribution in [2.75, 3.05) is 17.6 Å². The maximum absolute atomic E-state index is 4.52. The molecule has 0 radical (unpaired) electrons. The van der Waals surface area contributed by atoms with Crippen molar-refractivity contribution in [3.8, 4) is 0 Å². The van der Waals surface area contributed by atoms with Crippen molar-refractivity contribution in [3.63, 3.8) is 0 Å². The maximum atomic E-state index is 4.52. The fourth-order valence-electron chi connectivity index (χ4n) is 1.65. The van der Waals surface area contributed by atoms with E-state index in [9.17, 15) is 0 Å². The number of aliphatic imine (C=N–C) groups is 1. The molecule has 0 amide bonds. The van der Waals surface area contributed by atoms with Crippen LogP contribution in [0.1, 0.15) is 19.5 Å². The van der Waals surface area contributed by atoms with E-state index in [4.69, 9.17) is 0 Å². The molecule has 0 aliphatic carbocycles. The fraction of sp³-hybridized carbons (Fsp3) is 0.636. The zero-order valence-corrected chi connectivity index (χ0v) is 10.8. The topological polar surface area (TPSA) is 42.2 Å². The molecule has 2 rings (SSSR count). The monoisotopic (exact) mass is 238 g/mol. The molecule has 1 aromatic rings. The van der Waals surface area contributed by atoms with Crippen molar-refractivity contribution in [2.45, 2.75) is 20.3 Å². The minimum Gasteiger partial charge on any atom is -0.332 e. The first-order chi connectivity index (χ1) is 7.69. The summed E-state index contributed by atoms with van der Waals surface area (Å²) in [6, 6.07) is 0. The number of nitrogens with one attached hydrogen (secondary N) is 1. The van der Waals surface area contributed by atoms with Crippen LogP contribution < -0.4 is 5.32 Å². The van der Waals surface area contributed by atoms with Gasteiger partial charge in [-0.15, -0.1) is 0 Å². The number of thioether (sulfide) groups is 1. The highest BCUT2D eigenvalue weighted by atomic mass is 32.2. The number of aryl methyl sites for hydroxylation is 2. The Morgan fingerprint density at radius 1 is 1.62 bits per heavy atom. The van der Waals surface area contributed by atoms with Crippen LogP contribution in [0.25, 0.3) is 0 Å². The molecule has 1 aromatic heterocycles. The van der Waals surface area contributed by atoms with Gasteiger partial charge in [-0.3, -0.25) is 9.67 Å². The lowest BCUT2D eigenvalue weighted by molar-refractivity contribution is 0.674. The Morgan fingerprint density at radius 2 is 2.44 bits per heavy atom. The van der Waals surface area contributed by atoms with Gasteiger partial charge in [-0.1, -0.05) is 25.6 Å². The van der Waals surface area contributed by atoms with Gasteiger partial charge in [0.15, 0.2) is 5.17 Å². The fourth-order valence-corrected chi connectivity index (χ4v) is 2.54. The van der Waals surface area contributed by atoms with E-state index in [2.05, 4.69) is 29.3 Å². The van der Waals surface area contributed by atoms with Crippen molar-refractivity contribution in [2.24, 2.45) is 18.0 Å². The molecular weight excluding hydrogens is 220 g/mol. The van der Waals surface area contributed by atoms with Crippen molar-refractivity contribution in [3.05, 3.63) is 11.9 Å². The summed E-state index contributed by atoms with van der Waals surface area (Å²) in [6.07, 6.45) is 2.96. The first kappa shape index (κ1) is 11.5. The van der Waals surface area contributed by atoms with Crippen LogP contribution in [0.2, 0.25) is 0 Å². The Bertz CT molecular complexity index is 397. The lowest BCUT2D eigenvalue weighted by atomic mass is 10.2. The van der Waals surface area contributed by atoms with Crippen molar-refractivity contribution < 1.29 is 0 Å². The Labute approximate surface area is 101 Å². The summed E-state index contributed by atoms with van der Waals surface area (Å²) in [5, 5.41) is 8.80. The van der Waals surface area contributed by atoms with E-state index in [1.165, 1.54) is 0 Å². The first-order valence-electron chi connectivity index (χ1n) is 5.65. The second-order valence-electron chi connectivity index (χ2n) is 4.20. The molecule has 0 aromatic carbocycles. The molecule has 1 aliphatic heterocycles. The summed E-state index contributed by atoms with van der Waals surface area (Å²) in [5.41, 5.74) is 2.19. The molecule has 0 bridgehead atoms. The van der Waals surface area contributed by atoms with Gasteiger partial charge in [0.2, 0.25) is 0 Å². The number of nitrogens with zero attached hydrogens (tertiary/aromatic N) is 3. The Kier molecular flexibility index (Phi) is 3.53. The van der Waals surface area contributed by atoms with E-state index in [-0.39, 0.29) is 0 Å². The van der Waals surface area contributed by atoms with E-state index >= 15 is 0 Å². The molecule has 1 aliphatic rings. The molecule has 0 saturated heterocycles. The van der Waals surface area contributed by atoms with Gasteiger partial charge in [-0.05, 0) is 12.3 Å². The number of amidine groups is 1. The van der Waals surface area contributed by atoms with Crippen molar-refractivity contribution in [1.82, 2.24) is 9.78 Å². The van der Waals surface area contributed by atoms with Crippen molar-refractivity contribution in [1.29, 1.82) is 0 Å².